The van der Waals surface area contributed by atoms with Crippen molar-refractivity contribution in [2.75, 3.05) is 0 Å². The summed E-state index contributed by atoms with van der Waals surface area (Å²) in [6.45, 7) is 4.98. The first kappa shape index (κ1) is 19.2. The van der Waals surface area contributed by atoms with E-state index in [1.54, 1.807) is 0 Å². The van der Waals surface area contributed by atoms with Crippen LogP contribution in [0.1, 0.15) is 0 Å². The van der Waals surface area contributed by atoms with Crippen molar-refractivity contribution in [3.63, 3.8) is 0 Å². The van der Waals surface area contributed by atoms with E-state index in [-0.39, 0.29) is 0 Å². The first-order valence-electron chi connectivity index (χ1n) is 12.2. The fraction of sp³-hybridized carbons (Fsp3) is 0.0645. The maximum atomic E-state index is 5.22. The highest BCUT2D eigenvalue weighted by Crippen LogP contribution is 2.43. The van der Waals surface area contributed by atoms with Crippen LogP contribution in [0.5, 0.6) is 0 Å². The molecule has 3 nitrogen and oxygen atoms in total. The van der Waals surface area contributed by atoms with Gasteiger partial charge in [0.1, 0.15) is 0 Å². The third-order valence-electron chi connectivity index (χ3n) is 7.85. The lowest BCUT2D eigenvalue weighted by atomic mass is 10.0. The normalized spacial score (nSPS) is 14.2. The number of hydrogen-bond donors (Lipinski definition) is 0. The van der Waals surface area contributed by atoms with Gasteiger partial charge < -0.3 is 8.80 Å². The van der Waals surface area contributed by atoms with E-state index in [1.165, 1.54) is 60.0 Å². The molecule has 8 rings (SSSR count). The van der Waals surface area contributed by atoms with E-state index >= 15 is 0 Å². The predicted molar refractivity (Wildman–Crippen MR) is 150 cm³/mol. The molecular weight excluding hydrogens is 442 g/mol. The molecule has 0 saturated carbocycles. The lowest BCUT2D eigenvalue weighted by molar-refractivity contribution is 1.16. The van der Waals surface area contributed by atoms with Crippen LogP contribution in [0.3, 0.4) is 0 Å². The molecule has 0 saturated heterocycles. The van der Waals surface area contributed by atoms with Crippen LogP contribution in [-0.2, 0) is 0 Å². The van der Waals surface area contributed by atoms with Gasteiger partial charge in [0.2, 0.25) is 0 Å². The summed E-state index contributed by atoms with van der Waals surface area (Å²) in [4.78, 5) is 5.22. The van der Waals surface area contributed by atoms with E-state index in [4.69, 9.17) is 4.98 Å². The van der Waals surface area contributed by atoms with Crippen molar-refractivity contribution in [3.05, 3.63) is 103 Å². The summed E-state index contributed by atoms with van der Waals surface area (Å²) in [6, 6.07) is 35.1. The molecule has 0 atom stereocenters. The average molecular weight is 466 g/mol. The second-order valence-electron chi connectivity index (χ2n) is 10.0. The first-order chi connectivity index (χ1) is 17.2. The largest absolute Gasteiger partial charge is 0.363 e. The minimum Gasteiger partial charge on any atom is -0.363 e. The highest BCUT2D eigenvalue weighted by molar-refractivity contribution is 6.93. The van der Waals surface area contributed by atoms with Crippen LogP contribution >= 0.6 is 0 Å². The molecule has 0 spiro atoms. The van der Waals surface area contributed by atoms with E-state index in [0.29, 0.717) is 0 Å². The second-order valence-corrected chi connectivity index (χ2v) is 14.1. The molecule has 0 radical (unpaired) electrons. The molecular formula is C31H23N3Si. The van der Waals surface area contributed by atoms with Crippen LogP contribution in [0, 0.1) is 0 Å². The van der Waals surface area contributed by atoms with Gasteiger partial charge in [-0.15, -0.1) is 0 Å². The zero-order valence-corrected chi connectivity index (χ0v) is 20.7. The van der Waals surface area contributed by atoms with Gasteiger partial charge in [-0.3, -0.25) is 4.98 Å². The highest BCUT2D eigenvalue weighted by Gasteiger charge is 2.40. The van der Waals surface area contributed by atoms with Crippen LogP contribution in [0.15, 0.2) is 103 Å². The van der Waals surface area contributed by atoms with Crippen LogP contribution in [0.4, 0.5) is 0 Å². The van der Waals surface area contributed by atoms with Crippen molar-refractivity contribution in [1.29, 1.82) is 0 Å². The molecule has 4 aromatic carbocycles. The molecule has 0 fully saturated rings. The molecule has 0 amide bonds. The monoisotopic (exact) mass is 465 g/mol. The summed E-state index contributed by atoms with van der Waals surface area (Å²) < 4.78 is 5.07. The third kappa shape index (κ3) is 2.28. The van der Waals surface area contributed by atoms with Gasteiger partial charge in [0, 0.05) is 38.3 Å². The number of para-hydroxylation sites is 4. The van der Waals surface area contributed by atoms with Gasteiger partial charge in [0.05, 0.1) is 28.4 Å². The molecule has 0 aliphatic carbocycles. The topological polar surface area (TPSA) is 22.8 Å². The molecule has 1 aliphatic heterocycles. The van der Waals surface area contributed by atoms with E-state index in [0.717, 1.165) is 5.69 Å². The van der Waals surface area contributed by atoms with Gasteiger partial charge in [-0.05, 0) is 42.5 Å². The standard InChI is InChI=1S/C31H23N3Si/c1-35(2)31-28-23-14-7-8-17-25(23)33(20-11-4-3-5-12-20)27(28)19-32-29(31)24-16-10-15-22-21-13-6-9-18-26(21)34(35)30(22)24/h3-19H,1-2H3. The van der Waals surface area contributed by atoms with Gasteiger partial charge in [-0.1, -0.05) is 72.8 Å². The van der Waals surface area contributed by atoms with Crippen molar-refractivity contribution in [2.45, 2.75) is 13.1 Å². The quantitative estimate of drug-likeness (QED) is 0.235. The van der Waals surface area contributed by atoms with E-state index in [2.05, 4.69) is 125 Å². The Kier molecular flexibility index (Phi) is 3.56. The van der Waals surface area contributed by atoms with Gasteiger partial charge in [0.15, 0.2) is 8.24 Å². The summed E-state index contributed by atoms with van der Waals surface area (Å²) in [5.74, 6) is 0. The number of nitrogens with zero attached hydrogens (tertiary/aromatic N) is 3. The first-order valence-corrected chi connectivity index (χ1v) is 15.1. The summed E-state index contributed by atoms with van der Waals surface area (Å²) in [5, 5.41) is 6.75. The molecule has 35 heavy (non-hydrogen) atoms. The molecule has 4 heteroatoms. The third-order valence-corrected chi connectivity index (χ3v) is 11.1. The van der Waals surface area contributed by atoms with Gasteiger partial charge in [0.25, 0.3) is 0 Å². The van der Waals surface area contributed by atoms with E-state index < -0.39 is 8.24 Å². The number of hydrogen-bond acceptors (Lipinski definition) is 1. The zero-order chi connectivity index (χ0) is 23.3. The highest BCUT2D eigenvalue weighted by atomic mass is 28.3. The van der Waals surface area contributed by atoms with E-state index in [9.17, 15) is 0 Å². The lowest BCUT2D eigenvalue weighted by Crippen LogP contribution is -2.52. The Morgan fingerprint density at radius 1 is 0.629 bits per heavy atom. The lowest BCUT2D eigenvalue weighted by Gasteiger charge is -2.34. The minimum atomic E-state index is -2.20. The van der Waals surface area contributed by atoms with Crippen molar-refractivity contribution in [3.8, 4) is 16.9 Å². The predicted octanol–water partition coefficient (Wildman–Crippen LogP) is 7.23. The van der Waals surface area contributed by atoms with Crippen LogP contribution in [0.2, 0.25) is 13.1 Å². The van der Waals surface area contributed by atoms with Crippen molar-refractivity contribution < 1.29 is 0 Å². The second kappa shape index (κ2) is 6.49. The molecule has 0 N–H and O–H groups in total. The smallest absolute Gasteiger partial charge is 0.190 e. The number of aromatic nitrogens is 3. The summed E-state index contributed by atoms with van der Waals surface area (Å²) in [6.07, 6.45) is 2.10. The summed E-state index contributed by atoms with van der Waals surface area (Å²) in [5.41, 5.74) is 8.67. The maximum Gasteiger partial charge on any atom is 0.190 e. The van der Waals surface area contributed by atoms with Crippen LogP contribution < -0.4 is 5.19 Å². The van der Waals surface area contributed by atoms with E-state index in [1.807, 2.05) is 0 Å². The SMILES string of the molecule is C[Si]1(C)c2c(ncc3c2c2ccccc2n3-c2ccccc2)-c2cccc3c4ccccc4n1c23. The Labute approximate surface area is 204 Å². The molecule has 3 aromatic heterocycles. The molecule has 4 heterocycles. The number of fused-ring (bicyclic) bond motifs is 9. The molecule has 166 valence electrons. The molecule has 0 unspecified atom stereocenters. The van der Waals surface area contributed by atoms with Crippen LogP contribution in [0.25, 0.3) is 60.6 Å². The van der Waals surface area contributed by atoms with Gasteiger partial charge >= 0.3 is 0 Å². The number of benzene rings is 4. The van der Waals surface area contributed by atoms with Gasteiger partial charge in [-0.25, -0.2) is 0 Å². The Balaban J connectivity index is 1.61. The van der Waals surface area contributed by atoms with Gasteiger partial charge in [-0.2, -0.15) is 0 Å². The summed E-state index contributed by atoms with van der Waals surface area (Å²) in [7, 11) is -2.20. The minimum absolute atomic E-state index is 1.16. The molecule has 0 bridgehead atoms. The fourth-order valence-electron chi connectivity index (χ4n) is 6.51. The van der Waals surface area contributed by atoms with Crippen molar-refractivity contribution in [1.82, 2.24) is 13.8 Å². The van der Waals surface area contributed by atoms with Crippen LogP contribution in [-0.4, -0.2) is 22.0 Å². The maximum absolute atomic E-state index is 5.22. The average Bonchev–Trinajstić information content (AvgIpc) is 3.42. The van der Waals surface area contributed by atoms with Crippen molar-refractivity contribution >= 4 is 57.0 Å². The number of pyridine rings is 1. The summed E-state index contributed by atoms with van der Waals surface area (Å²) >= 11 is 0. The Morgan fingerprint density at radius 2 is 1.31 bits per heavy atom. The van der Waals surface area contributed by atoms with Crippen molar-refractivity contribution in [2.24, 2.45) is 0 Å². The number of rotatable bonds is 1. The zero-order valence-electron chi connectivity index (χ0n) is 19.7. The Morgan fingerprint density at radius 3 is 2.14 bits per heavy atom. The fourth-order valence-corrected chi connectivity index (χ4v) is 9.98. The molecule has 1 aliphatic rings. The Hall–Kier alpha value is -4.15. The Bertz CT molecular complexity index is 1980. The molecule has 7 aromatic rings.